The van der Waals surface area contributed by atoms with Gasteiger partial charge in [-0.25, -0.2) is 0 Å². The van der Waals surface area contributed by atoms with Crippen LogP contribution >= 0.6 is 0 Å². The maximum absolute atomic E-state index is 12.7. The van der Waals surface area contributed by atoms with Gasteiger partial charge in [0, 0.05) is 19.3 Å². The fourth-order valence-corrected chi connectivity index (χ4v) is 7.09. The number of hydrogen-bond donors (Lipinski definition) is 0. The monoisotopic (exact) mass is 777 g/mol. The Balaban J connectivity index is 4.22. The molecular weight excluding hydrogens is 685 g/mol. The summed E-state index contributed by atoms with van der Waals surface area (Å²) in [6.45, 7) is 6.57. The van der Waals surface area contributed by atoms with Crippen LogP contribution in [0.3, 0.4) is 0 Å². The van der Waals surface area contributed by atoms with Crippen LogP contribution < -0.4 is 0 Å². The molecule has 0 amide bonds. The molecule has 0 heterocycles. The predicted octanol–water partition coefficient (Wildman–Crippen LogP) is 15.4. The molecule has 6 heteroatoms. The van der Waals surface area contributed by atoms with Gasteiger partial charge in [0.25, 0.3) is 0 Å². The number of hydrogen-bond acceptors (Lipinski definition) is 6. The van der Waals surface area contributed by atoms with Gasteiger partial charge >= 0.3 is 17.9 Å². The van der Waals surface area contributed by atoms with Gasteiger partial charge in [-0.1, -0.05) is 219 Å². The third-order valence-electron chi connectivity index (χ3n) is 10.8. The van der Waals surface area contributed by atoms with Crippen molar-refractivity contribution < 1.29 is 28.6 Å². The summed E-state index contributed by atoms with van der Waals surface area (Å²) < 4.78 is 16.7. The van der Waals surface area contributed by atoms with E-state index in [1.54, 1.807) is 0 Å². The Morgan fingerprint density at radius 2 is 0.636 bits per heavy atom. The van der Waals surface area contributed by atoms with Crippen molar-refractivity contribution in [2.24, 2.45) is 0 Å². The fraction of sp³-hybridized carbons (Fsp3) is 0.898. The number of unbranched alkanes of at least 4 members (excludes halogenated alkanes) is 31. The van der Waals surface area contributed by atoms with Crippen LogP contribution in [0.25, 0.3) is 0 Å². The number of carbonyl (C=O) groups is 3. The second-order valence-corrected chi connectivity index (χ2v) is 16.4. The van der Waals surface area contributed by atoms with Crippen LogP contribution in [0.5, 0.6) is 0 Å². The van der Waals surface area contributed by atoms with Gasteiger partial charge in [0.1, 0.15) is 13.2 Å². The smallest absolute Gasteiger partial charge is 0.306 e. The van der Waals surface area contributed by atoms with E-state index in [1.807, 2.05) is 0 Å². The van der Waals surface area contributed by atoms with Crippen LogP contribution in [0, 0.1) is 0 Å². The van der Waals surface area contributed by atoms with Gasteiger partial charge in [0.2, 0.25) is 0 Å². The lowest BCUT2D eigenvalue weighted by Crippen LogP contribution is -2.30. The normalized spacial score (nSPS) is 12.0. The number of allylic oxidation sites excluding steroid dienone is 2. The highest BCUT2D eigenvalue weighted by atomic mass is 16.6. The topological polar surface area (TPSA) is 78.9 Å². The quantitative estimate of drug-likeness (QED) is 0.0265. The summed E-state index contributed by atoms with van der Waals surface area (Å²) in [4.78, 5) is 37.7. The van der Waals surface area contributed by atoms with E-state index in [4.69, 9.17) is 14.2 Å². The summed E-state index contributed by atoms with van der Waals surface area (Å²) in [6, 6.07) is 0. The second kappa shape index (κ2) is 44.9. The molecule has 0 radical (unpaired) electrons. The first-order valence-corrected chi connectivity index (χ1v) is 24.2. The summed E-state index contributed by atoms with van der Waals surface area (Å²) >= 11 is 0. The highest BCUT2D eigenvalue weighted by Crippen LogP contribution is 2.16. The minimum absolute atomic E-state index is 0.0690. The lowest BCUT2D eigenvalue weighted by Gasteiger charge is -2.18. The van der Waals surface area contributed by atoms with Gasteiger partial charge in [-0.05, 0) is 38.5 Å². The first-order valence-electron chi connectivity index (χ1n) is 24.2. The average Bonchev–Trinajstić information content (AvgIpc) is 3.18. The Bertz CT molecular complexity index is 854. The standard InChI is InChI=1S/C49H92O6/c1-4-7-10-13-16-19-21-22-23-24-25-26-27-28-31-33-36-39-42-48(51)54-45-46(44-53-47(50)41-38-35-32-29-18-15-12-9-6-3)55-49(52)43-40-37-34-30-20-17-14-11-8-5-2/h11,14,46H,4-10,12-13,15-45H2,1-3H3/b14-11-. The van der Waals surface area contributed by atoms with E-state index in [9.17, 15) is 14.4 Å². The molecule has 0 bridgehead atoms. The number of esters is 3. The van der Waals surface area contributed by atoms with Crippen molar-refractivity contribution in [2.45, 2.75) is 271 Å². The van der Waals surface area contributed by atoms with E-state index in [0.717, 1.165) is 70.6 Å². The Hall–Kier alpha value is -1.85. The van der Waals surface area contributed by atoms with Crippen LogP contribution in [0.1, 0.15) is 265 Å². The van der Waals surface area contributed by atoms with Crippen LogP contribution in [0.2, 0.25) is 0 Å². The number of ether oxygens (including phenoxy) is 3. The molecule has 0 aliphatic carbocycles. The summed E-state index contributed by atoms with van der Waals surface area (Å²) in [5.74, 6) is -0.871. The maximum Gasteiger partial charge on any atom is 0.306 e. The van der Waals surface area contributed by atoms with Gasteiger partial charge in [-0.3, -0.25) is 14.4 Å². The average molecular weight is 777 g/mol. The molecule has 6 nitrogen and oxygen atoms in total. The molecule has 55 heavy (non-hydrogen) atoms. The van der Waals surface area contributed by atoms with Crippen molar-refractivity contribution in [3.63, 3.8) is 0 Å². The van der Waals surface area contributed by atoms with E-state index in [2.05, 4.69) is 32.9 Å². The molecule has 1 unspecified atom stereocenters. The fourth-order valence-electron chi connectivity index (χ4n) is 7.09. The predicted molar refractivity (Wildman–Crippen MR) is 233 cm³/mol. The van der Waals surface area contributed by atoms with Gasteiger partial charge in [-0.2, -0.15) is 0 Å². The van der Waals surface area contributed by atoms with Crippen LogP contribution in [0.15, 0.2) is 12.2 Å². The summed E-state index contributed by atoms with van der Waals surface area (Å²) in [6.07, 6.45) is 47.8. The van der Waals surface area contributed by atoms with Crippen molar-refractivity contribution >= 4 is 17.9 Å². The van der Waals surface area contributed by atoms with Gasteiger partial charge in [-0.15, -0.1) is 0 Å². The minimum atomic E-state index is -0.765. The molecule has 1 atom stereocenters. The minimum Gasteiger partial charge on any atom is -0.462 e. The molecule has 0 aliphatic rings. The molecule has 0 spiro atoms. The van der Waals surface area contributed by atoms with Crippen LogP contribution in [-0.4, -0.2) is 37.2 Å². The molecule has 0 saturated heterocycles. The molecule has 0 aromatic rings. The zero-order valence-electron chi connectivity index (χ0n) is 37.0. The molecule has 0 N–H and O–H groups in total. The molecule has 0 rings (SSSR count). The SMILES string of the molecule is CCC/C=C\CCCCCCCC(=O)OC(COC(=O)CCCCCCCCCCC)COC(=O)CCCCCCCCCCCCCCCCCCCC. The lowest BCUT2D eigenvalue weighted by molar-refractivity contribution is -0.167. The largest absolute Gasteiger partial charge is 0.462 e. The van der Waals surface area contributed by atoms with Crippen molar-refractivity contribution in [3.05, 3.63) is 12.2 Å². The molecular formula is C49H92O6. The van der Waals surface area contributed by atoms with E-state index in [-0.39, 0.29) is 31.1 Å². The Labute approximate surface area is 341 Å². The summed E-state index contributed by atoms with van der Waals surface area (Å²) in [5, 5.41) is 0. The Kier molecular flexibility index (Phi) is 43.4. The number of rotatable bonds is 44. The van der Waals surface area contributed by atoms with E-state index in [0.29, 0.717) is 19.3 Å². The van der Waals surface area contributed by atoms with Crippen molar-refractivity contribution in [3.8, 4) is 0 Å². The van der Waals surface area contributed by atoms with E-state index in [1.165, 1.54) is 154 Å². The zero-order valence-corrected chi connectivity index (χ0v) is 37.0. The van der Waals surface area contributed by atoms with Crippen LogP contribution in [-0.2, 0) is 28.6 Å². The Morgan fingerprint density at radius 1 is 0.345 bits per heavy atom. The first-order chi connectivity index (χ1) is 27.0. The van der Waals surface area contributed by atoms with Crippen molar-refractivity contribution in [1.29, 1.82) is 0 Å². The summed E-state index contributed by atoms with van der Waals surface area (Å²) in [5.41, 5.74) is 0. The van der Waals surface area contributed by atoms with E-state index < -0.39 is 6.10 Å². The first kappa shape index (κ1) is 53.1. The zero-order chi connectivity index (χ0) is 40.1. The third kappa shape index (κ3) is 43.1. The van der Waals surface area contributed by atoms with Gasteiger partial charge in [0.15, 0.2) is 6.10 Å². The van der Waals surface area contributed by atoms with E-state index >= 15 is 0 Å². The lowest BCUT2D eigenvalue weighted by atomic mass is 10.0. The van der Waals surface area contributed by atoms with Gasteiger partial charge < -0.3 is 14.2 Å². The molecule has 0 fully saturated rings. The highest BCUT2D eigenvalue weighted by Gasteiger charge is 2.19. The maximum atomic E-state index is 12.7. The molecule has 0 aromatic heterocycles. The third-order valence-corrected chi connectivity index (χ3v) is 10.8. The molecule has 0 aliphatic heterocycles. The van der Waals surface area contributed by atoms with Crippen molar-refractivity contribution in [1.82, 2.24) is 0 Å². The number of carbonyl (C=O) groups excluding carboxylic acids is 3. The van der Waals surface area contributed by atoms with Crippen LogP contribution in [0.4, 0.5) is 0 Å². The van der Waals surface area contributed by atoms with Crippen molar-refractivity contribution in [2.75, 3.05) is 13.2 Å². The summed E-state index contributed by atoms with van der Waals surface area (Å²) in [7, 11) is 0. The Morgan fingerprint density at radius 3 is 0.982 bits per heavy atom. The second-order valence-electron chi connectivity index (χ2n) is 16.4. The molecule has 0 aromatic carbocycles. The highest BCUT2D eigenvalue weighted by molar-refractivity contribution is 5.71. The molecule has 324 valence electrons. The molecule has 0 saturated carbocycles. The van der Waals surface area contributed by atoms with Gasteiger partial charge in [0.05, 0.1) is 0 Å².